The highest BCUT2D eigenvalue weighted by molar-refractivity contribution is 7.27. The Bertz CT molecular complexity index is 3100. The zero-order valence-electron chi connectivity index (χ0n) is 28.0. The molecular formula is C48H29N3S. The van der Waals surface area contributed by atoms with E-state index in [2.05, 4.69) is 168 Å². The Labute approximate surface area is 303 Å². The van der Waals surface area contributed by atoms with Crippen LogP contribution in [0.25, 0.3) is 103 Å². The summed E-state index contributed by atoms with van der Waals surface area (Å²) in [6.45, 7) is 0. The largest absolute Gasteiger partial charge is 0.309 e. The fourth-order valence-corrected chi connectivity index (χ4v) is 9.34. The Hall–Kier alpha value is -6.62. The minimum absolute atomic E-state index is 0.708. The molecule has 52 heavy (non-hydrogen) atoms. The lowest BCUT2D eigenvalue weighted by Gasteiger charge is -2.11. The summed E-state index contributed by atoms with van der Waals surface area (Å²) < 4.78 is 5.08. The van der Waals surface area contributed by atoms with E-state index in [0.29, 0.717) is 5.82 Å². The molecule has 3 nitrogen and oxygen atoms in total. The fraction of sp³-hybridized carbons (Fsp3) is 0. The van der Waals surface area contributed by atoms with Gasteiger partial charge in [0.15, 0.2) is 5.82 Å². The first kappa shape index (κ1) is 29.1. The van der Waals surface area contributed by atoms with E-state index < -0.39 is 0 Å². The summed E-state index contributed by atoms with van der Waals surface area (Å²) in [5, 5.41) is 10.5. The Kier molecular flexibility index (Phi) is 6.42. The van der Waals surface area contributed by atoms with Gasteiger partial charge in [-0.2, -0.15) is 0 Å². The number of thiophene rings is 1. The predicted molar refractivity (Wildman–Crippen MR) is 221 cm³/mol. The molecule has 4 heteroatoms. The zero-order valence-corrected chi connectivity index (χ0v) is 28.8. The maximum atomic E-state index is 5.08. The molecule has 242 valence electrons. The van der Waals surface area contributed by atoms with Gasteiger partial charge in [-0.3, -0.25) is 0 Å². The van der Waals surface area contributed by atoms with Gasteiger partial charge in [-0.15, -0.1) is 11.3 Å². The number of hydrogen-bond donors (Lipinski definition) is 0. The summed E-state index contributed by atoms with van der Waals surface area (Å²) in [5.74, 6) is 0.708. The molecule has 0 aliphatic carbocycles. The minimum atomic E-state index is 0.708. The molecule has 11 rings (SSSR count). The van der Waals surface area contributed by atoms with Crippen molar-refractivity contribution >= 4 is 74.9 Å². The fourth-order valence-electron chi connectivity index (χ4n) is 8.08. The highest BCUT2D eigenvalue weighted by atomic mass is 32.1. The van der Waals surface area contributed by atoms with Crippen LogP contribution in [0.1, 0.15) is 0 Å². The average Bonchev–Trinajstić information content (AvgIpc) is 3.78. The Morgan fingerprint density at radius 3 is 1.62 bits per heavy atom. The van der Waals surface area contributed by atoms with Gasteiger partial charge < -0.3 is 4.57 Å². The van der Waals surface area contributed by atoms with E-state index in [-0.39, 0.29) is 0 Å². The summed E-state index contributed by atoms with van der Waals surface area (Å²) in [6, 6.07) is 62.7. The second kappa shape index (κ2) is 11.5. The van der Waals surface area contributed by atoms with Crippen LogP contribution in [0.5, 0.6) is 0 Å². The van der Waals surface area contributed by atoms with E-state index in [4.69, 9.17) is 9.97 Å². The van der Waals surface area contributed by atoms with Crippen LogP contribution in [0.4, 0.5) is 0 Å². The highest BCUT2D eigenvalue weighted by Crippen LogP contribution is 2.48. The van der Waals surface area contributed by atoms with Crippen molar-refractivity contribution in [3.05, 3.63) is 176 Å². The summed E-state index contributed by atoms with van der Waals surface area (Å²) in [5.41, 5.74) is 8.42. The average molecular weight is 680 g/mol. The molecule has 0 spiro atoms. The van der Waals surface area contributed by atoms with Gasteiger partial charge in [-0.05, 0) is 64.7 Å². The van der Waals surface area contributed by atoms with Crippen molar-refractivity contribution in [2.75, 3.05) is 0 Å². The first-order valence-electron chi connectivity index (χ1n) is 17.6. The second-order valence-corrected chi connectivity index (χ2v) is 14.4. The van der Waals surface area contributed by atoms with Crippen molar-refractivity contribution in [2.24, 2.45) is 0 Å². The molecule has 0 bridgehead atoms. The third-order valence-corrected chi connectivity index (χ3v) is 11.6. The normalized spacial score (nSPS) is 11.8. The lowest BCUT2D eigenvalue weighted by molar-refractivity contribution is 1.16. The quantitative estimate of drug-likeness (QED) is 0.173. The van der Waals surface area contributed by atoms with Crippen LogP contribution >= 0.6 is 11.3 Å². The molecule has 0 aliphatic rings. The molecule has 0 atom stereocenters. The smallest absolute Gasteiger partial charge is 0.160 e. The second-order valence-electron chi connectivity index (χ2n) is 13.3. The van der Waals surface area contributed by atoms with Gasteiger partial charge in [0.2, 0.25) is 0 Å². The van der Waals surface area contributed by atoms with Crippen molar-refractivity contribution in [1.82, 2.24) is 14.5 Å². The number of nitrogens with zero attached hydrogens (tertiary/aromatic N) is 3. The van der Waals surface area contributed by atoms with Crippen molar-refractivity contribution in [3.63, 3.8) is 0 Å². The van der Waals surface area contributed by atoms with Crippen molar-refractivity contribution in [2.45, 2.75) is 0 Å². The number of aromatic nitrogens is 3. The first-order valence-corrected chi connectivity index (χ1v) is 18.4. The number of fused-ring (bicyclic) bond motifs is 12. The van der Waals surface area contributed by atoms with E-state index in [1.54, 1.807) is 0 Å². The van der Waals surface area contributed by atoms with Crippen LogP contribution in [-0.2, 0) is 0 Å². The molecule has 3 aromatic heterocycles. The van der Waals surface area contributed by atoms with Crippen molar-refractivity contribution in [3.8, 4) is 39.6 Å². The highest BCUT2D eigenvalue weighted by Gasteiger charge is 2.21. The van der Waals surface area contributed by atoms with E-state index >= 15 is 0 Å². The Morgan fingerprint density at radius 2 is 0.942 bits per heavy atom. The molecule has 0 amide bonds. The lowest BCUT2D eigenvalue weighted by atomic mass is 9.96. The van der Waals surface area contributed by atoms with Crippen LogP contribution in [0.3, 0.4) is 0 Å². The topological polar surface area (TPSA) is 30.7 Å². The van der Waals surface area contributed by atoms with Crippen molar-refractivity contribution in [1.29, 1.82) is 0 Å². The summed E-state index contributed by atoms with van der Waals surface area (Å²) in [6.07, 6.45) is 0. The third-order valence-electron chi connectivity index (χ3n) is 10.4. The molecular weight excluding hydrogens is 651 g/mol. The molecule has 0 saturated heterocycles. The summed E-state index contributed by atoms with van der Waals surface area (Å²) in [7, 11) is 0. The number of rotatable bonds is 4. The number of hydrogen-bond acceptors (Lipinski definition) is 3. The van der Waals surface area contributed by atoms with Crippen LogP contribution in [0.15, 0.2) is 176 Å². The monoisotopic (exact) mass is 679 g/mol. The van der Waals surface area contributed by atoms with Gasteiger partial charge in [-0.1, -0.05) is 127 Å². The minimum Gasteiger partial charge on any atom is -0.309 e. The molecule has 3 heterocycles. The molecule has 0 fully saturated rings. The Balaban J connectivity index is 1.13. The van der Waals surface area contributed by atoms with E-state index in [1.165, 1.54) is 63.5 Å². The first-order chi connectivity index (χ1) is 25.8. The van der Waals surface area contributed by atoms with E-state index in [9.17, 15) is 0 Å². The lowest BCUT2D eigenvalue weighted by Crippen LogP contribution is -1.97. The van der Waals surface area contributed by atoms with Crippen LogP contribution < -0.4 is 0 Å². The van der Waals surface area contributed by atoms with Crippen molar-refractivity contribution < 1.29 is 0 Å². The summed E-state index contributed by atoms with van der Waals surface area (Å²) >= 11 is 1.91. The molecule has 0 aliphatic heterocycles. The predicted octanol–water partition coefficient (Wildman–Crippen LogP) is 13.2. The standard InChI is InChI=1S/C48H29N3S/c1-3-13-30(14-4-1)39-29-40(31-15-5-2-6-16-31)50-48(49-39)32-23-25-33(26-24-32)51-41-22-12-11-21-38(41)44-42(51)27-28-43-46(44)45-36-19-9-7-17-34(36)35-18-8-10-20-37(35)47(45)52-43/h1-29H. The van der Waals surface area contributed by atoms with Gasteiger partial charge in [0.1, 0.15) is 0 Å². The van der Waals surface area contributed by atoms with Crippen LogP contribution in [0, 0.1) is 0 Å². The SMILES string of the molecule is c1ccc(-c2cc(-c3ccccc3)nc(-c3ccc(-n4c5ccccc5c5c6c(ccc54)sc4c5ccccc5c5ccccc5c46)cc3)n2)cc1. The van der Waals surface area contributed by atoms with Gasteiger partial charge in [0.05, 0.1) is 22.4 Å². The maximum Gasteiger partial charge on any atom is 0.160 e. The molecule has 0 saturated carbocycles. The van der Waals surface area contributed by atoms with E-state index in [0.717, 1.165) is 33.8 Å². The molecule has 11 aromatic rings. The molecule has 0 unspecified atom stereocenters. The van der Waals surface area contributed by atoms with Gasteiger partial charge in [0.25, 0.3) is 0 Å². The van der Waals surface area contributed by atoms with E-state index in [1.807, 2.05) is 23.5 Å². The zero-order chi connectivity index (χ0) is 34.2. The summed E-state index contributed by atoms with van der Waals surface area (Å²) in [4.78, 5) is 10.2. The third kappa shape index (κ3) is 4.38. The Morgan fingerprint density at radius 1 is 0.385 bits per heavy atom. The molecule has 0 N–H and O–H groups in total. The van der Waals surface area contributed by atoms with Crippen LogP contribution in [-0.4, -0.2) is 14.5 Å². The van der Waals surface area contributed by atoms with Gasteiger partial charge in [-0.25, -0.2) is 9.97 Å². The maximum absolute atomic E-state index is 5.08. The molecule has 8 aromatic carbocycles. The number of para-hydroxylation sites is 1. The number of benzene rings is 8. The van der Waals surface area contributed by atoms with Gasteiger partial charge in [0, 0.05) is 58.7 Å². The molecule has 0 radical (unpaired) electrons. The van der Waals surface area contributed by atoms with Crippen LogP contribution in [0.2, 0.25) is 0 Å². The van der Waals surface area contributed by atoms with Gasteiger partial charge >= 0.3 is 0 Å².